The fourth-order valence-electron chi connectivity index (χ4n) is 4.48. The molecular formula is C27H40IN5O. The summed E-state index contributed by atoms with van der Waals surface area (Å²) >= 11 is 0. The number of amides is 1. The number of rotatable bonds is 11. The van der Waals surface area contributed by atoms with Crippen molar-refractivity contribution in [2.45, 2.75) is 38.0 Å². The highest BCUT2D eigenvalue weighted by molar-refractivity contribution is 14.0. The number of nitrogens with zero attached hydrogens (tertiary/aromatic N) is 2. The highest BCUT2D eigenvalue weighted by atomic mass is 127. The van der Waals surface area contributed by atoms with Gasteiger partial charge in [0.15, 0.2) is 5.96 Å². The second-order valence-corrected chi connectivity index (χ2v) is 8.90. The van der Waals surface area contributed by atoms with Crippen LogP contribution in [0.25, 0.3) is 0 Å². The van der Waals surface area contributed by atoms with Crippen LogP contribution in [0, 0.1) is 5.92 Å². The van der Waals surface area contributed by atoms with Crippen molar-refractivity contribution in [2.75, 3.05) is 39.8 Å². The Bertz CT molecular complexity index is 854. The van der Waals surface area contributed by atoms with Crippen LogP contribution in [0.15, 0.2) is 65.7 Å². The number of carbonyl (C=O) groups is 1. The SMILES string of the molecule is CN=C(NCCCCN1CCC(C(N)=O)CC1)NCC(Cc1ccccc1)c1ccccc1.I. The summed E-state index contributed by atoms with van der Waals surface area (Å²) in [7, 11) is 1.83. The zero-order valence-corrected chi connectivity index (χ0v) is 22.6. The maximum atomic E-state index is 11.3. The summed E-state index contributed by atoms with van der Waals surface area (Å²) in [6.07, 6.45) is 5.00. The van der Waals surface area contributed by atoms with Gasteiger partial charge in [-0.05, 0) is 62.9 Å². The van der Waals surface area contributed by atoms with Gasteiger partial charge in [0.2, 0.25) is 5.91 Å². The van der Waals surface area contributed by atoms with Crippen LogP contribution in [0.3, 0.4) is 0 Å². The first-order valence-electron chi connectivity index (χ1n) is 12.2. The van der Waals surface area contributed by atoms with E-state index in [9.17, 15) is 4.79 Å². The molecule has 0 aromatic heterocycles. The number of halogens is 1. The zero-order chi connectivity index (χ0) is 23.3. The number of hydrogen-bond donors (Lipinski definition) is 3. The quantitative estimate of drug-likeness (QED) is 0.164. The van der Waals surface area contributed by atoms with Gasteiger partial charge >= 0.3 is 0 Å². The summed E-state index contributed by atoms with van der Waals surface area (Å²) in [5, 5.41) is 6.99. The maximum Gasteiger partial charge on any atom is 0.220 e. The third-order valence-corrected chi connectivity index (χ3v) is 6.52. The van der Waals surface area contributed by atoms with Crippen LogP contribution in [-0.4, -0.2) is 56.5 Å². The molecule has 34 heavy (non-hydrogen) atoms. The van der Waals surface area contributed by atoms with Crippen molar-refractivity contribution >= 4 is 35.8 Å². The summed E-state index contributed by atoms with van der Waals surface area (Å²) in [5.74, 6) is 1.15. The van der Waals surface area contributed by atoms with Crippen LogP contribution in [0.1, 0.15) is 42.7 Å². The predicted octanol–water partition coefficient (Wildman–Crippen LogP) is 3.77. The minimum absolute atomic E-state index is 0. The van der Waals surface area contributed by atoms with Crippen molar-refractivity contribution < 1.29 is 4.79 Å². The van der Waals surface area contributed by atoms with E-state index >= 15 is 0 Å². The first kappa shape index (κ1) is 28.1. The normalized spacial score (nSPS) is 15.9. The molecule has 2 aromatic carbocycles. The summed E-state index contributed by atoms with van der Waals surface area (Å²) in [4.78, 5) is 18.2. The van der Waals surface area contributed by atoms with E-state index in [-0.39, 0.29) is 35.8 Å². The van der Waals surface area contributed by atoms with Gasteiger partial charge in [0.25, 0.3) is 0 Å². The Morgan fingerprint density at radius 1 is 1.03 bits per heavy atom. The monoisotopic (exact) mass is 577 g/mol. The first-order chi connectivity index (χ1) is 16.2. The second-order valence-electron chi connectivity index (χ2n) is 8.90. The third-order valence-electron chi connectivity index (χ3n) is 6.52. The smallest absolute Gasteiger partial charge is 0.220 e. The van der Waals surface area contributed by atoms with E-state index in [1.165, 1.54) is 11.1 Å². The number of benzene rings is 2. The summed E-state index contributed by atoms with van der Waals surface area (Å²) < 4.78 is 0. The Balaban J connectivity index is 0.00000408. The number of guanidine groups is 1. The molecule has 186 valence electrons. The fraction of sp³-hybridized carbons (Fsp3) is 0.481. The molecule has 1 heterocycles. The van der Waals surface area contributed by atoms with E-state index in [1.807, 2.05) is 7.05 Å². The number of nitrogens with one attached hydrogen (secondary N) is 2. The highest BCUT2D eigenvalue weighted by Gasteiger charge is 2.22. The molecule has 1 unspecified atom stereocenters. The van der Waals surface area contributed by atoms with Gasteiger partial charge in [0.05, 0.1) is 0 Å². The largest absolute Gasteiger partial charge is 0.369 e. The molecule has 1 amide bonds. The van der Waals surface area contributed by atoms with Gasteiger partial charge in [0, 0.05) is 32.0 Å². The average molecular weight is 578 g/mol. The van der Waals surface area contributed by atoms with Crippen molar-refractivity contribution in [3.05, 3.63) is 71.8 Å². The van der Waals surface area contributed by atoms with Gasteiger partial charge in [0.1, 0.15) is 0 Å². The number of carbonyl (C=O) groups excluding carboxylic acids is 1. The standard InChI is InChI=1S/C27H39N5O.HI/c1-29-27(30-16-8-9-17-32-18-14-24(15-19-32)26(28)33)31-21-25(23-12-6-3-7-13-23)20-22-10-4-2-5-11-22;/h2-7,10-13,24-25H,8-9,14-21H2,1H3,(H2,28,33)(H2,29,30,31);1H. The lowest BCUT2D eigenvalue weighted by Crippen LogP contribution is -2.40. The number of likely N-dealkylation sites (tertiary alicyclic amines) is 1. The predicted molar refractivity (Wildman–Crippen MR) is 152 cm³/mol. The van der Waals surface area contributed by atoms with E-state index in [0.29, 0.717) is 5.92 Å². The van der Waals surface area contributed by atoms with E-state index in [2.05, 4.69) is 81.2 Å². The minimum Gasteiger partial charge on any atom is -0.369 e. The summed E-state index contributed by atoms with van der Waals surface area (Å²) in [5.41, 5.74) is 8.11. The Labute approximate surface area is 221 Å². The van der Waals surface area contributed by atoms with E-state index in [4.69, 9.17) is 5.73 Å². The van der Waals surface area contributed by atoms with Crippen LogP contribution in [0.5, 0.6) is 0 Å². The molecule has 0 aliphatic carbocycles. The van der Waals surface area contributed by atoms with Crippen molar-refractivity contribution in [3.8, 4) is 0 Å². The van der Waals surface area contributed by atoms with Gasteiger partial charge in [-0.15, -0.1) is 24.0 Å². The van der Waals surface area contributed by atoms with Crippen LogP contribution >= 0.6 is 24.0 Å². The number of hydrogen-bond acceptors (Lipinski definition) is 3. The highest BCUT2D eigenvalue weighted by Crippen LogP contribution is 2.20. The van der Waals surface area contributed by atoms with Gasteiger partial charge in [-0.2, -0.15) is 0 Å². The minimum atomic E-state index is -0.143. The molecular weight excluding hydrogens is 537 g/mol. The molecule has 1 atom stereocenters. The van der Waals surface area contributed by atoms with E-state index in [0.717, 1.165) is 70.8 Å². The topological polar surface area (TPSA) is 82.8 Å². The zero-order valence-electron chi connectivity index (χ0n) is 20.3. The Morgan fingerprint density at radius 2 is 1.68 bits per heavy atom. The molecule has 0 spiro atoms. The molecule has 0 bridgehead atoms. The summed E-state index contributed by atoms with van der Waals surface area (Å²) in [6.45, 7) is 4.75. The lowest BCUT2D eigenvalue weighted by atomic mass is 9.92. The molecule has 0 radical (unpaired) electrons. The molecule has 1 aliphatic rings. The molecule has 7 heteroatoms. The number of unbranched alkanes of at least 4 members (excludes halogenated alkanes) is 1. The molecule has 1 aliphatic heterocycles. The van der Waals surface area contributed by atoms with Gasteiger partial charge in [-0.25, -0.2) is 0 Å². The molecule has 3 rings (SSSR count). The van der Waals surface area contributed by atoms with Crippen LogP contribution in [0.4, 0.5) is 0 Å². The van der Waals surface area contributed by atoms with Crippen molar-refractivity contribution in [1.29, 1.82) is 0 Å². The average Bonchev–Trinajstić information content (AvgIpc) is 2.86. The Morgan fingerprint density at radius 3 is 2.29 bits per heavy atom. The van der Waals surface area contributed by atoms with Crippen LogP contribution in [0.2, 0.25) is 0 Å². The lowest BCUT2D eigenvalue weighted by molar-refractivity contribution is -0.123. The molecule has 6 nitrogen and oxygen atoms in total. The second kappa shape index (κ2) is 15.7. The van der Waals surface area contributed by atoms with Gasteiger partial charge in [-0.3, -0.25) is 9.79 Å². The van der Waals surface area contributed by atoms with Crippen molar-refractivity contribution in [2.24, 2.45) is 16.6 Å². The number of aliphatic imine (C=N–C) groups is 1. The van der Waals surface area contributed by atoms with E-state index < -0.39 is 0 Å². The third kappa shape index (κ3) is 9.62. The molecule has 4 N–H and O–H groups in total. The molecule has 1 saturated heterocycles. The van der Waals surface area contributed by atoms with Crippen molar-refractivity contribution in [1.82, 2.24) is 15.5 Å². The summed E-state index contributed by atoms with van der Waals surface area (Å²) in [6, 6.07) is 21.4. The van der Waals surface area contributed by atoms with Gasteiger partial charge in [-0.1, -0.05) is 60.7 Å². The van der Waals surface area contributed by atoms with Crippen LogP contribution in [-0.2, 0) is 11.2 Å². The number of nitrogens with two attached hydrogens (primary N) is 1. The first-order valence-corrected chi connectivity index (χ1v) is 12.2. The van der Waals surface area contributed by atoms with Crippen LogP contribution < -0.4 is 16.4 Å². The number of piperidine rings is 1. The Hall–Kier alpha value is -2.13. The number of primary amides is 1. The molecule has 2 aromatic rings. The maximum absolute atomic E-state index is 11.3. The van der Waals surface area contributed by atoms with Gasteiger partial charge < -0.3 is 21.3 Å². The molecule has 0 saturated carbocycles. The van der Waals surface area contributed by atoms with Crippen molar-refractivity contribution in [3.63, 3.8) is 0 Å². The Kier molecular flexibility index (Phi) is 13.0. The lowest BCUT2D eigenvalue weighted by Gasteiger charge is -2.30. The fourth-order valence-corrected chi connectivity index (χ4v) is 4.48. The molecule has 1 fully saturated rings. The van der Waals surface area contributed by atoms with E-state index in [1.54, 1.807) is 0 Å².